The molecule has 1 saturated carbocycles. The van der Waals surface area contributed by atoms with Gasteiger partial charge in [-0.25, -0.2) is 4.79 Å². The molecule has 1 amide bonds. The van der Waals surface area contributed by atoms with Crippen molar-refractivity contribution in [2.75, 3.05) is 6.61 Å². The van der Waals surface area contributed by atoms with E-state index in [1.54, 1.807) is 24.3 Å². The molecule has 2 N–H and O–H groups in total. The number of rotatable bonds is 5. The molecule has 0 aliphatic heterocycles. The first-order valence-corrected chi connectivity index (χ1v) is 8.48. The zero-order valence-corrected chi connectivity index (χ0v) is 14.7. The molecule has 132 valence electrons. The summed E-state index contributed by atoms with van der Waals surface area (Å²) in [7, 11) is 0. The summed E-state index contributed by atoms with van der Waals surface area (Å²) in [5.74, 6) is -0.00346. The molecule has 1 aromatic rings. The first-order valence-electron chi connectivity index (χ1n) is 8.48. The highest BCUT2D eigenvalue weighted by molar-refractivity contribution is 5.92. The van der Waals surface area contributed by atoms with Crippen LogP contribution in [0.3, 0.4) is 0 Å². The largest absolute Gasteiger partial charge is 0.483 e. The van der Waals surface area contributed by atoms with Crippen LogP contribution in [0.15, 0.2) is 24.3 Å². The number of ether oxygens (including phenoxy) is 2. The molecule has 2 rings (SSSR count). The van der Waals surface area contributed by atoms with E-state index in [1.165, 1.54) is 0 Å². The van der Waals surface area contributed by atoms with Crippen LogP contribution in [0, 0.1) is 11.3 Å². The van der Waals surface area contributed by atoms with Gasteiger partial charge in [-0.2, -0.15) is 0 Å². The molecule has 0 radical (unpaired) electrons. The number of carbonyl (C=O) groups is 2. The lowest BCUT2D eigenvalue weighted by Gasteiger charge is -2.36. The number of nitrogens with two attached hydrogens (primary N) is 1. The minimum atomic E-state index is -0.585. The van der Waals surface area contributed by atoms with Crippen molar-refractivity contribution >= 4 is 11.9 Å². The molecule has 5 nitrogen and oxygen atoms in total. The van der Waals surface area contributed by atoms with E-state index in [0.717, 1.165) is 25.7 Å². The predicted octanol–water partition coefficient (Wildman–Crippen LogP) is 3.31. The standard InChI is InChI=1S/C19H27NO4/c1-19(2,3)13-8-10-14(11-9-13)24-18(22)15-6-4-5-7-16(15)23-12-17(20)21/h4-7,13-14H,8-12H2,1-3H3,(H2,20,21). The number of carbonyl (C=O) groups excluding carboxylic acids is 2. The van der Waals surface area contributed by atoms with E-state index >= 15 is 0 Å². The van der Waals surface area contributed by atoms with Gasteiger partial charge in [-0.3, -0.25) is 4.79 Å². The van der Waals surface area contributed by atoms with Gasteiger partial charge in [-0.05, 0) is 49.1 Å². The van der Waals surface area contributed by atoms with Crippen molar-refractivity contribution in [1.29, 1.82) is 0 Å². The van der Waals surface area contributed by atoms with Crippen molar-refractivity contribution in [3.63, 3.8) is 0 Å². The molecule has 5 heteroatoms. The number of primary amides is 1. The third kappa shape index (κ3) is 4.98. The van der Waals surface area contributed by atoms with Gasteiger partial charge < -0.3 is 15.2 Å². The molecule has 0 saturated heterocycles. The topological polar surface area (TPSA) is 78.6 Å². The third-order valence-corrected chi connectivity index (χ3v) is 4.65. The lowest BCUT2D eigenvalue weighted by Crippen LogP contribution is -2.30. The molecular formula is C19H27NO4. The van der Waals surface area contributed by atoms with Crippen LogP contribution in [0.1, 0.15) is 56.8 Å². The van der Waals surface area contributed by atoms with Crippen LogP contribution < -0.4 is 10.5 Å². The summed E-state index contributed by atoms with van der Waals surface area (Å²) in [6.07, 6.45) is 3.86. The molecular weight excluding hydrogens is 306 g/mol. The van der Waals surface area contributed by atoms with Crippen LogP contribution in [-0.4, -0.2) is 24.6 Å². The maximum Gasteiger partial charge on any atom is 0.342 e. The number of esters is 1. The Labute approximate surface area is 143 Å². The third-order valence-electron chi connectivity index (χ3n) is 4.65. The summed E-state index contributed by atoms with van der Waals surface area (Å²) in [4.78, 5) is 23.3. The van der Waals surface area contributed by atoms with Crippen molar-refractivity contribution in [3.8, 4) is 5.75 Å². The summed E-state index contributed by atoms with van der Waals surface area (Å²) in [5.41, 5.74) is 5.71. The van der Waals surface area contributed by atoms with Gasteiger partial charge in [0.05, 0.1) is 0 Å². The second kappa shape index (κ2) is 7.69. The molecule has 0 aromatic heterocycles. The quantitative estimate of drug-likeness (QED) is 0.839. The van der Waals surface area contributed by atoms with E-state index < -0.39 is 11.9 Å². The van der Waals surface area contributed by atoms with Gasteiger partial charge in [0.1, 0.15) is 17.4 Å². The zero-order valence-electron chi connectivity index (χ0n) is 14.7. The Hall–Kier alpha value is -2.04. The molecule has 0 atom stereocenters. The lowest BCUT2D eigenvalue weighted by atomic mass is 9.72. The van der Waals surface area contributed by atoms with E-state index in [4.69, 9.17) is 15.2 Å². The minimum Gasteiger partial charge on any atom is -0.483 e. The molecule has 1 fully saturated rings. The number of hydrogen-bond donors (Lipinski definition) is 1. The molecule has 1 aliphatic rings. The highest BCUT2D eigenvalue weighted by atomic mass is 16.5. The van der Waals surface area contributed by atoms with Gasteiger partial charge in [0.15, 0.2) is 6.61 Å². The van der Waals surface area contributed by atoms with Crippen molar-refractivity contribution in [2.45, 2.75) is 52.6 Å². The maximum absolute atomic E-state index is 12.4. The van der Waals surface area contributed by atoms with Gasteiger partial charge >= 0.3 is 5.97 Å². The zero-order chi connectivity index (χ0) is 17.7. The second-order valence-corrected chi connectivity index (χ2v) is 7.50. The van der Waals surface area contributed by atoms with Gasteiger partial charge in [-0.1, -0.05) is 32.9 Å². The summed E-state index contributed by atoms with van der Waals surface area (Å²) < 4.78 is 10.9. The summed E-state index contributed by atoms with van der Waals surface area (Å²) in [6, 6.07) is 6.75. The van der Waals surface area contributed by atoms with Crippen LogP contribution in [0.2, 0.25) is 0 Å². The van der Waals surface area contributed by atoms with Gasteiger partial charge in [0, 0.05) is 0 Å². The fourth-order valence-electron chi connectivity index (χ4n) is 3.17. The summed E-state index contributed by atoms with van der Waals surface area (Å²) >= 11 is 0. The predicted molar refractivity (Wildman–Crippen MR) is 91.7 cm³/mol. The number of para-hydroxylation sites is 1. The van der Waals surface area contributed by atoms with Crippen molar-refractivity contribution in [2.24, 2.45) is 17.1 Å². The van der Waals surface area contributed by atoms with Crippen LogP contribution in [0.25, 0.3) is 0 Å². The summed E-state index contributed by atoms with van der Waals surface area (Å²) in [6.45, 7) is 6.52. The Balaban J connectivity index is 1.95. The Kier molecular flexibility index (Phi) is 5.86. The average Bonchev–Trinajstić information content (AvgIpc) is 2.52. The fraction of sp³-hybridized carbons (Fsp3) is 0.579. The Morgan fingerprint density at radius 2 is 1.75 bits per heavy atom. The van der Waals surface area contributed by atoms with E-state index in [0.29, 0.717) is 22.6 Å². The van der Waals surface area contributed by atoms with Gasteiger partial charge in [0.25, 0.3) is 5.91 Å². The molecule has 0 unspecified atom stereocenters. The molecule has 1 aliphatic carbocycles. The first-order chi connectivity index (χ1) is 11.3. The van der Waals surface area contributed by atoms with E-state index in [-0.39, 0.29) is 12.7 Å². The van der Waals surface area contributed by atoms with Crippen molar-refractivity contribution in [1.82, 2.24) is 0 Å². The molecule has 24 heavy (non-hydrogen) atoms. The second-order valence-electron chi connectivity index (χ2n) is 7.50. The highest BCUT2D eigenvalue weighted by Gasteiger charge is 2.31. The smallest absolute Gasteiger partial charge is 0.342 e. The van der Waals surface area contributed by atoms with Crippen molar-refractivity contribution < 1.29 is 19.1 Å². The van der Waals surface area contributed by atoms with Crippen molar-refractivity contribution in [3.05, 3.63) is 29.8 Å². The molecule has 0 spiro atoms. The fourth-order valence-corrected chi connectivity index (χ4v) is 3.17. The molecule has 1 aromatic carbocycles. The molecule has 0 bridgehead atoms. The number of amides is 1. The van der Waals surface area contributed by atoms with Crippen LogP contribution in [0.4, 0.5) is 0 Å². The molecule has 0 heterocycles. The maximum atomic E-state index is 12.4. The first kappa shape index (κ1) is 18.3. The van der Waals surface area contributed by atoms with Gasteiger partial charge in [-0.15, -0.1) is 0 Å². The SMILES string of the molecule is CC(C)(C)C1CCC(OC(=O)c2ccccc2OCC(N)=O)CC1. The Bertz CT molecular complexity index is 583. The van der Waals surface area contributed by atoms with E-state index in [9.17, 15) is 9.59 Å². The monoisotopic (exact) mass is 333 g/mol. The van der Waals surface area contributed by atoms with E-state index in [1.807, 2.05) is 0 Å². The van der Waals surface area contributed by atoms with Crippen LogP contribution in [-0.2, 0) is 9.53 Å². The summed E-state index contributed by atoms with van der Waals surface area (Å²) in [5, 5.41) is 0. The Morgan fingerprint density at radius 1 is 1.12 bits per heavy atom. The number of hydrogen-bond acceptors (Lipinski definition) is 4. The van der Waals surface area contributed by atoms with Gasteiger partial charge in [0.2, 0.25) is 0 Å². The van der Waals surface area contributed by atoms with E-state index in [2.05, 4.69) is 20.8 Å². The number of benzene rings is 1. The van der Waals surface area contributed by atoms with Crippen LogP contribution in [0.5, 0.6) is 5.75 Å². The minimum absolute atomic E-state index is 0.0553. The van der Waals surface area contributed by atoms with Crippen LogP contribution >= 0.6 is 0 Å². The Morgan fingerprint density at radius 3 is 2.33 bits per heavy atom. The highest BCUT2D eigenvalue weighted by Crippen LogP contribution is 2.38. The normalized spacial score (nSPS) is 21.1. The lowest BCUT2D eigenvalue weighted by molar-refractivity contribution is -0.119. The average molecular weight is 333 g/mol.